The third-order valence-corrected chi connectivity index (χ3v) is 8.15. The van der Waals surface area contributed by atoms with Gasteiger partial charge in [0.05, 0.1) is 37.2 Å². The van der Waals surface area contributed by atoms with Crippen LogP contribution in [0.25, 0.3) is 0 Å². The van der Waals surface area contributed by atoms with E-state index in [1.54, 1.807) is 24.3 Å². The third kappa shape index (κ3) is 4.83. The minimum atomic E-state index is -1.08. The lowest BCUT2D eigenvalue weighted by Crippen LogP contribution is -2.59. The second kappa shape index (κ2) is 11.0. The van der Waals surface area contributed by atoms with E-state index in [1.807, 2.05) is 27.7 Å². The molecule has 0 saturated carbocycles. The average Bonchev–Trinajstić information content (AvgIpc) is 3.48. The van der Waals surface area contributed by atoms with E-state index in [4.69, 9.17) is 9.47 Å². The van der Waals surface area contributed by atoms with Crippen LogP contribution in [-0.2, 0) is 19.1 Å². The lowest BCUT2D eigenvalue weighted by Gasteiger charge is -2.38. The molecule has 3 heterocycles. The van der Waals surface area contributed by atoms with Gasteiger partial charge in [-0.15, -0.1) is 0 Å². The number of ether oxygens (including phenoxy) is 2. The van der Waals surface area contributed by atoms with Gasteiger partial charge >= 0.3 is 0 Å². The van der Waals surface area contributed by atoms with Crippen LogP contribution in [0, 0.1) is 17.8 Å². The first kappa shape index (κ1) is 27.4. The van der Waals surface area contributed by atoms with Gasteiger partial charge < -0.3 is 30.1 Å². The first-order valence-electron chi connectivity index (χ1n) is 13.6. The fourth-order valence-corrected chi connectivity index (χ4v) is 6.52. The number of hydrogen-bond donors (Lipinski definition) is 3. The van der Waals surface area contributed by atoms with Crippen molar-refractivity contribution in [2.24, 2.45) is 17.8 Å². The Bertz CT molecular complexity index is 998. The molecule has 0 aromatic heterocycles. The number of benzene rings is 1. The summed E-state index contributed by atoms with van der Waals surface area (Å²) in [6.45, 7) is 10.0. The highest BCUT2D eigenvalue weighted by Gasteiger charge is 2.75. The molecule has 3 unspecified atom stereocenters. The van der Waals surface area contributed by atoms with Crippen LogP contribution in [0.2, 0.25) is 0 Å². The largest absolute Gasteiger partial charge is 0.494 e. The zero-order valence-corrected chi connectivity index (χ0v) is 22.5. The van der Waals surface area contributed by atoms with E-state index in [-0.39, 0.29) is 36.3 Å². The minimum Gasteiger partial charge on any atom is -0.494 e. The van der Waals surface area contributed by atoms with Gasteiger partial charge in [0.1, 0.15) is 17.4 Å². The lowest BCUT2D eigenvalue weighted by molar-refractivity contribution is -0.146. The molecule has 7 atom stereocenters. The molecular formula is C28H41N3O6. The Morgan fingerprint density at radius 2 is 1.89 bits per heavy atom. The number of aliphatic hydroxyl groups is 1. The highest BCUT2D eigenvalue weighted by Crippen LogP contribution is 2.59. The molecule has 0 radical (unpaired) electrons. The molecule has 3 fully saturated rings. The number of nitrogens with one attached hydrogen (secondary N) is 2. The van der Waals surface area contributed by atoms with Crippen molar-refractivity contribution in [3.05, 3.63) is 24.3 Å². The number of hydrogen-bond acceptors (Lipinski definition) is 6. The normalized spacial score (nSPS) is 29.8. The van der Waals surface area contributed by atoms with Gasteiger partial charge in [-0.05, 0) is 63.3 Å². The molecule has 1 spiro atoms. The van der Waals surface area contributed by atoms with Gasteiger partial charge in [0.15, 0.2) is 0 Å². The van der Waals surface area contributed by atoms with Gasteiger partial charge in [0, 0.05) is 11.7 Å². The Kier molecular flexibility index (Phi) is 8.14. The van der Waals surface area contributed by atoms with E-state index >= 15 is 0 Å². The Labute approximate surface area is 219 Å². The van der Waals surface area contributed by atoms with Crippen molar-refractivity contribution in [1.29, 1.82) is 0 Å². The van der Waals surface area contributed by atoms with Crippen molar-refractivity contribution in [2.75, 3.05) is 18.5 Å². The fraction of sp³-hybridized carbons (Fsp3) is 0.679. The molecule has 9 heteroatoms. The van der Waals surface area contributed by atoms with Crippen molar-refractivity contribution in [3.8, 4) is 5.75 Å². The molecule has 3 amide bonds. The van der Waals surface area contributed by atoms with Crippen LogP contribution in [-0.4, -0.2) is 70.8 Å². The maximum absolute atomic E-state index is 14.0. The minimum absolute atomic E-state index is 0.0612. The van der Waals surface area contributed by atoms with Gasteiger partial charge in [0.2, 0.25) is 17.7 Å². The summed E-state index contributed by atoms with van der Waals surface area (Å²) in [4.78, 5) is 42.9. The van der Waals surface area contributed by atoms with Gasteiger partial charge in [-0.3, -0.25) is 14.4 Å². The van der Waals surface area contributed by atoms with Gasteiger partial charge in [-0.1, -0.05) is 27.2 Å². The summed E-state index contributed by atoms with van der Waals surface area (Å²) in [6.07, 6.45) is 2.41. The van der Waals surface area contributed by atoms with Gasteiger partial charge in [-0.2, -0.15) is 0 Å². The second-order valence-electron chi connectivity index (χ2n) is 10.9. The number of carbonyl (C=O) groups excluding carboxylic acids is 3. The smallest absolute Gasteiger partial charge is 0.246 e. The van der Waals surface area contributed by atoms with Crippen molar-refractivity contribution in [1.82, 2.24) is 10.2 Å². The van der Waals surface area contributed by atoms with Crippen LogP contribution < -0.4 is 15.4 Å². The van der Waals surface area contributed by atoms with Crippen LogP contribution in [0.15, 0.2) is 24.3 Å². The standard InChI is InChI=1S/C28H41N3O6/c1-6-8-17(5)29-26(34)24-28-14-13-21(37-28)22(23(28)27(35)31(24)20(15-32)16(3)4)25(33)30-18-9-11-19(12-10-18)36-7-2/h9-12,16-17,20-24,32H,6-8,13-15H2,1-5H3,(H,29,34)(H,30,33)/t17?,20-,21+,22-,23-,24?,28?/m0/s1. The zero-order valence-electron chi connectivity index (χ0n) is 22.5. The van der Waals surface area contributed by atoms with Crippen LogP contribution >= 0.6 is 0 Å². The second-order valence-corrected chi connectivity index (χ2v) is 10.9. The number of fused-ring (bicyclic) bond motifs is 1. The Morgan fingerprint density at radius 3 is 2.49 bits per heavy atom. The number of carbonyl (C=O) groups is 3. The Morgan fingerprint density at radius 1 is 1.19 bits per heavy atom. The number of anilines is 1. The Hall–Kier alpha value is -2.65. The predicted octanol–water partition coefficient (Wildman–Crippen LogP) is 2.72. The molecule has 1 aromatic rings. The van der Waals surface area contributed by atoms with Crippen molar-refractivity contribution < 1.29 is 29.0 Å². The first-order valence-corrected chi connectivity index (χ1v) is 13.6. The molecule has 3 N–H and O–H groups in total. The van der Waals surface area contributed by atoms with Crippen LogP contribution in [0.1, 0.15) is 60.3 Å². The average molecular weight is 516 g/mol. The number of rotatable bonds is 11. The van der Waals surface area contributed by atoms with E-state index < -0.39 is 35.6 Å². The summed E-state index contributed by atoms with van der Waals surface area (Å²) in [5, 5.41) is 16.3. The SMILES string of the molecule is CCCC(C)NC(=O)C1N([C@@H](CO)C(C)C)C(=O)[C@@H]2[C@@H](C(=O)Nc3ccc(OCC)cc3)[C@H]3CCC12O3. The van der Waals surface area contributed by atoms with Crippen LogP contribution in [0.4, 0.5) is 5.69 Å². The van der Waals surface area contributed by atoms with Crippen molar-refractivity contribution >= 4 is 23.4 Å². The number of aliphatic hydroxyl groups excluding tert-OH is 1. The van der Waals surface area contributed by atoms with E-state index in [1.165, 1.54) is 4.90 Å². The molecule has 1 aromatic carbocycles. The summed E-state index contributed by atoms with van der Waals surface area (Å²) in [6, 6.07) is 5.59. The maximum Gasteiger partial charge on any atom is 0.246 e. The molecule has 2 bridgehead atoms. The molecule has 4 rings (SSSR count). The van der Waals surface area contributed by atoms with E-state index in [9.17, 15) is 19.5 Å². The highest BCUT2D eigenvalue weighted by molar-refractivity contribution is 6.02. The summed E-state index contributed by atoms with van der Waals surface area (Å²) in [5.41, 5.74) is -0.480. The van der Waals surface area contributed by atoms with E-state index in [0.29, 0.717) is 30.9 Å². The summed E-state index contributed by atoms with van der Waals surface area (Å²) in [5.74, 6) is -1.72. The van der Waals surface area contributed by atoms with Crippen molar-refractivity contribution in [3.63, 3.8) is 0 Å². The van der Waals surface area contributed by atoms with Crippen molar-refractivity contribution in [2.45, 2.75) is 90.1 Å². The molecule has 204 valence electrons. The maximum atomic E-state index is 14.0. The number of amides is 3. The van der Waals surface area contributed by atoms with E-state index in [0.717, 1.165) is 12.8 Å². The molecule has 0 aliphatic carbocycles. The fourth-order valence-electron chi connectivity index (χ4n) is 6.52. The molecule has 9 nitrogen and oxygen atoms in total. The zero-order chi connectivity index (χ0) is 26.9. The first-order chi connectivity index (χ1) is 17.7. The number of likely N-dealkylation sites (tertiary alicyclic amines) is 1. The summed E-state index contributed by atoms with van der Waals surface area (Å²) < 4.78 is 11.9. The van der Waals surface area contributed by atoms with Gasteiger partial charge in [-0.25, -0.2) is 0 Å². The Balaban J connectivity index is 1.64. The summed E-state index contributed by atoms with van der Waals surface area (Å²) in [7, 11) is 0. The lowest BCUT2D eigenvalue weighted by atomic mass is 9.70. The molecule has 3 saturated heterocycles. The monoisotopic (exact) mass is 515 g/mol. The van der Waals surface area contributed by atoms with E-state index in [2.05, 4.69) is 17.6 Å². The number of nitrogens with zero attached hydrogens (tertiary/aromatic N) is 1. The highest BCUT2D eigenvalue weighted by atomic mass is 16.5. The van der Waals surface area contributed by atoms with Crippen LogP contribution in [0.3, 0.4) is 0 Å². The van der Waals surface area contributed by atoms with Gasteiger partial charge in [0.25, 0.3) is 0 Å². The third-order valence-electron chi connectivity index (χ3n) is 8.15. The molecular weight excluding hydrogens is 474 g/mol. The molecule has 3 aliphatic rings. The quantitative estimate of drug-likeness (QED) is 0.417. The molecule has 37 heavy (non-hydrogen) atoms. The molecule has 3 aliphatic heterocycles. The van der Waals surface area contributed by atoms with Crippen LogP contribution in [0.5, 0.6) is 5.75 Å². The topological polar surface area (TPSA) is 117 Å². The predicted molar refractivity (Wildman–Crippen MR) is 139 cm³/mol. The summed E-state index contributed by atoms with van der Waals surface area (Å²) >= 11 is 0.